The highest BCUT2D eigenvalue weighted by atomic mass is 32.1. The van der Waals surface area contributed by atoms with E-state index in [-0.39, 0.29) is 30.2 Å². The minimum Gasteiger partial charge on any atom is -0.387 e. The van der Waals surface area contributed by atoms with Gasteiger partial charge in [0.1, 0.15) is 5.82 Å². The lowest BCUT2D eigenvalue weighted by Crippen LogP contribution is -2.40. The number of nitrogens with zero attached hydrogens (tertiary/aromatic N) is 1. The predicted molar refractivity (Wildman–Crippen MR) is 93.3 cm³/mol. The zero-order valence-corrected chi connectivity index (χ0v) is 14.5. The van der Waals surface area contributed by atoms with Crippen molar-refractivity contribution in [3.63, 3.8) is 0 Å². The summed E-state index contributed by atoms with van der Waals surface area (Å²) in [5, 5.41) is 12.4. The molecule has 1 saturated carbocycles. The molecule has 128 valence electrons. The summed E-state index contributed by atoms with van der Waals surface area (Å²) in [5.74, 6) is -0.345. The number of benzene rings is 1. The van der Waals surface area contributed by atoms with Crippen LogP contribution in [0.1, 0.15) is 36.3 Å². The van der Waals surface area contributed by atoms with E-state index in [1.54, 1.807) is 23.5 Å². The van der Waals surface area contributed by atoms with Crippen LogP contribution in [0, 0.1) is 11.7 Å². The van der Waals surface area contributed by atoms with Crippen molar-refractivity contribution in [3.05, 3.63) is 58.0 Å². The molecule has 2 aromatic rings. The molecule has 1 aliphatic rings. The highest BCUT2D eigenvalue weighted by molar-refractivity contribution is 7.09. The first-order chi connectivity index (χ1) is 11.5. The lowest BCUT2D eigenvalue weighted by molar-refractivity contribution is -0.137. The third-order valence-corrected chi connectivity index (χ3v) is 5.30. The van der Waals surface area contributed by atoms with Gasteiger partial charge in [0.2, 0.25) is 5.91 Å². The van der Waals surface area contributed by atoms with Gasteiger partial charge in [0.15, 0.2) is 0 Å². The second-order valence-corrected chi connectivity index (χ2v) is 7.51. The van der Waals surface area contributed by atoms with E-state index in [9.17, 15) is 14.3 Å². The Morgan fingerprint density at radius 3 is 2.62 bits per heavy atom. The summed E-state index contributed by atoms with van der Waals surface area (Å²) in [7, 11) is 0. The van der Waals surface area contributed by atoms with Crippen LogP contribution < -0.4 is 0 Å². The first-order valence-corrected chi connectivity index (χ1v) is 9.19. The average Bonchev–Trinajstić information content (AvgIpc) is 3.29. The predicted octanol–water partition coefficient (Wildman–Crippen LogP) is 3.79. The quantitative estimate of drug-likeness (QED) is 0.828. The molecular weight excluding hydrogens is 325 g/mol. The fraction of sp³-hybridized carbons (Fsp3) is 0.421. The molecule has 0 spiro atoms. The summed E-state index contributed by atoms with van der Waals surface area (Å²) >= 11 is 1.66. The molecule has 1 heterocycles. The van der Waals surface area contributed by atoms with Crippen LogP contribution in [0.4, 0.5) is 4.39 Å². The first kappa shape index (κ1) is 17.1. The van der Waals surface area contributed by atoms with Gasteiger partial charge in [0.25, 0.3) is 0 Å². The minimum absolute atomic E-state index is 0.0899. The maximum Gasteiger partial charge on any atom is 0.226 e. The van der Waals surface area contributed by atoms with Crippen molar-refractivity contribution in [2.75, 3.05) is 6.54 Å². The molecule has 0 saturated heterocycles. The van der Waals surface area contributed by atoms with E-state index < -0.39 is 6.10 Å². The number of aliphatic hydroxyl groups is 1. The third kappa shape index (κ3) is 4.22. The Morgan fingerprint density at radius 1 is 1.33 bits per heavy atom. The molecule has 2 unspecified atom stereocenters. The minimum atomic E-state index is -0.788. The Kier molecular flexibility index (Phi) is 5.31. The van der Waals surface area contributed by atoms with E-state index in [0.29, 0.717) is 5.56 Å². The molecule has 2 atom stereocenters. The maximum absolute atomic E-state index is 13.0. The zero-order valence-electron chi connectivity index (χ0n) is 13.7. The number of thiophene rings is 1. The Hall–Kier alpha value is -1.72. The fourth-order valence-electron chi connectivity index (χ4n) is 2.88. The molecule has 24 heavy (non-hydrogen) atoms. The second kappa shape index (κ2) is 7.45. The number of carbonyl (C=O) groups is 1. The highest BCUT2D eigenvalue weighted by Gasteiger charge is 2.35. The van der Waals surface area contributed by atoms with Gasteiger partial charge < -0.3 is 10.0 Å². The Morgan fingerprint density at radius 2 is 2.04 bits per heavy atom. The topological polar surface area (TPSA) is 40.5 Å². The lowest BCUT2D eigenvalue weighted by atomic mass is 10.0. The molecule has 3 nitrogen and oxygen atoms in total. The normalized spacial score (nSPS) is 16.6. The number of amides is 1. The Balaban J connectivity index is 1.65. The van der Waals surface area contributed by atoms with E-state index in [2.05, 4.69) is 0 Å². The molecule has 0 bridgehead atoms. The molecule has 3 rings (SSSR count). The second-order valence-electron chi connectivity index (χ2n) is 6.47. The summed E-state index contributed by atoms with van der Waals surface area (Å²) in [6, 6.07) is 10.1. The van der Waals surface area contributed by atoms with Crippen LogP contribution in [0.5, 0.6) is 0 Å². The lowest BCUT2D eigenvalue weighted by Gasteiger charge is -2.28. The summed E-state index contributed by atoms with van der Waals surface area (Å²) in [6.45, 7) is 2.21. The summed E-state index contributed by atoms with van der Waals surface area (Å²) in [5.41, 5.74) is 0.640. The molecule has 0 radical (unpaired) electrons. The van der Waals surface area contributed by atoms with Crippen molar-refractivity contribution in [1.29, 1.82) is 0 Å². The molecule has 1 aliphatic carbocycles. The highest BCUT2D eigenvalue weighted by Crippen LogP contribution is 2.31. The Bertz CT molecular complexity index is 667. The monoisotopic (exact) mass is 347 g/mol. The van der Waals surface area contributed by atoms with Crippen LogP contribution in [0.15, 0.2) is 41.8 Å². The number of aliphatic hydroxyl groups excluding tert-OH is 1. The van der Waals surface area contributed by atoms with E-state index in [4.69, 9.17) is 0 Å². The van der Waals surface area contributed by atoms with Crippen molar-refractivity contribution in [3.8, 4) is 0 Å². The van der Waals surface area contributed by atoms with Crippen molar-refractivity contribution < 1.29 is 14.3 Å². The van der Waals surface area contributed by atoms with Crippen molar-refractivity contribution in [2.24, 2.45) is 5.92 Å². The van der Waals surface area contributed by atoms with Crippen molar-refractivity contribution in [2.45, 2.75) is 38.3 Å². The van der Waals surface area contributed by atoms with Crippen molar-refractivity contribution >= 4 is 17.2 Å². The Labute approximate surface area is 145 Å². The zero-order chi connectivity index (χ0) is 17.1. The smallest absolute Gasteiger partial charge is 0.226 e. The van der Waals surface area contributed by atoms with E-state index in [1.165, 1.54) is 17.0 Å². The molecule has 1 N–H and O–H groups in total. The first-order valence-electron chi connectivity index (χ1n) is 8.31. The van der Waals surface area contributed by atoms with E-state index in [1.807, 2.05) is 29.3 Å². The summed E-state index contributed by atoms with van der Waals surface area (Å²) in [6.07, 6.45) is 1.93. The molecule has 0 aliphatic heterocycles. The van der Waals surface area contributed by atoms with Gasteiger partial charge in [-0.1, -0.05) is 25.1 Å². The molecule has 1 aromatic heterocycles. The molecule has 1 aromatic carbocycles. The van der Waals surface area contributed by atoms with Gasteiger partial charge in [-0.25, -0.2) is 4.39 Å². The van der Waals surface area contributed by atoms with Gasteiger partial charge in [-0.15, -0.1) is 11.3 Å². The summed E-state index contributed by atoms with van der Waals surface area (Å²) < 4.78 is 13.0. The summed E-state index contributed by atoms with van der Waals surface area (Å²) in [4.78, 5) is 15.8. The van der Waals surface area contributed by atoms with Crippen LogP contribution in [0.3, 0.4) is 0 Å². The van der Waals surface area contributed by atoms with E-state index >= 15 is 0 Å². The van der Waals surface area contributed by atoms with Gasteiger partial charge in [0.05, 0.1) is 12.6 Å². The number of carbonyl (C=O) groups excluding carboxylic acids is 1. The molecule has 5 heteroatoms. The largest absolute Gasteiger partial charge is 0.387 e. The van der Waals surface area contributed by atoms with Gasteiger partial charge in [-0.2, -0.15) is 0 Å². The van der Waals surface area contributed by atoms with Crippen LogP contribution >= 0.6 is 11.3 Å². The van der Waals surface area contributed by atoms with Gasteiger partial charge >= 0.3 is 0 Å². The number of halogens is 1. The third-order valence-electron chi connectivity index (χ3n) is 4.40. The maximum atomic E-state index is 13.0. The van der Waals surface area contributed by atoms with E-state index in [0.717, 1.165) is 19.3 Å². The SMILES string of the molecule is CC(Cc1cccs1)C(=O)N(CC(O)c1ccc(F)cc1)C1CC1. The van der Waals surface area contributed by atoms with Crippen LogP contribution in [0.2, 0.25) is 0 Å². The number of rotatable bonds is 7. The van der Waals surface area contributed by atoms with Crippen LogP contribution in [0.25, 0.3) is 0 Å². The van der Waals surface area contributed by atoms with Gasteiger partial charge in [0, 0.05) is 16.8 Å². The van der Waals surface area contributed by atoms with Crippen LogP contribution in [-0.2, 0) is 11.2 Å². The van der Waals surface area contributed by atoms with Crippen molar-refractivity contribution in [1.82, 2.24) is 4.90 Å². The standard InChI is InChI=1S/C19H22FNO2S/c1-13(11-17-3-2-10-24-17)19(23)21(16-8-9-16)12-18(22)14-4-6-15(20)7-5-14/h2-7,10,13,16,18,22H,8-9,11-12H2,1H3. The average molecular weight is 347 g/mol. The molecular formula is C19H22FNO2S. The molecule has 1 amide bonds. The van der Waals surface area contributed by atoms with Gasteiger partial charge in [-0.3, -0.25) is 4.79 Å². The van der Waals surface area contributed by atoms with Crippen LogP contribution in [-0.4, -0.2) is 28.5 Å². The molecule has 1 fully saturated rings. The number of hydrogen-bond acceptors (Lipinski definition) is 3. The fourth-order valence-corrected chi connectivity index (χ4v) is 3.72. The number of hydrogen-bond donors (Lipinski definition) is 1. The van der Waals surface area contributed by atoms with Gasteiger partial charge in [-0.05, 0) is 48.4 Å².